The normalized spacial score (nSPS) is 11.7. The molecule has 1 atom stereocenters. The van der Waals surface area contributed by atoms with Gasteiger partial charge in [0.2, 0.25) is 0 Å². The van der Waals surface area contributed by atoms with Gasteiger partial charge in [-0.3, -0.25) is 4.79 Å². The van der Waals surface area contributed by atoms with E-state index in [-0.39, 0.29) is 30.9 Å². The third kappa shape index (κ3) is 13.2. The summed E-state index contributed by atoms with van der Waals surface area (Å²) < 4.78 is 11.6. The number of esters is 1. The maximum absolute atomic E-state index is 13.1. The van der Waals surface area contributed by atoms with Crippen molar-refractivity contribution in [3.63, 3.8) is 0 Å². The van der Waals surface area contributed by atoms with Gasteiger partial charge in [-0.2, -0.15) is 0 Å². The lowest BCUT2D eigenvalue weighted by Crippen LogP contribution is -2.21. The zero-order valence-electron chi connectivity index (χ0n) is 30.3. The largest absolute Gasteiger partial charge is 0.507 e. The van der Waals surface area contributed by atoms with Gasteiger partial charge in [0.1, 0.15) is 24.7 Å². The fraction of sp³-hybridized carbons (Fsp3) is 0.488. The van der Waals surface area contributed by atoms with E-state index in [1.165, 1.54) is 77.0 Å². The number of phenols is 1. The first kappa shape index (κ1) is 38.5. The van der Waals surface area contributed by atoms with E-state index >= 15 is 0 Å². The molecule has 1 heterocycles. The number of hydrogen-bond donors (Lipinski definition) is 1. The minimum Gasteiger partial charge on any atom is -0.507 e. The van der Waals surface area contributed by atoms with Crippen LogP contribution in [-0.4, -0.2) is 39.2 Å². The molecule has 0 radical (unpaired) electrons. The fourth-order valence-corrected chi connectivity index (χ4v) is 6.21. The van der Waals surface area contributed by atoms with Gasteiger partial charge in [0.15, 0.2) is 17.5 Å². The van der Waals surface area contributed by atoms with Gasteiger partial charge in [-0.05, 0) is 25.0 Å². The molecule has 7 heteroatoms. The average molecular weight is 680 g/mol. The SMILES string of the molecule is CCCCCCCCCCC(CCCCCCCC)C(=O)OCCOc1ccc(-c2nc(-c3ccccc3)nc(-c3ccccc3)n2)c(O)c1. The molecule has 0 bridgehead atoms. The van der Waals surface area contributed by atoms with Crippen molar-refractivity contribution in [2.24, 2.45) is 5.92 Å². The van der Waals surface area contributed by atoms with Gasteiger partial charge in [-0.25, -0.2) is 15.0 Å². The first-order valence-electron chi connectivity index (χ1n) is 19.1. The van der Waals surface area contributed by atoms with Crippen LogP contribution in [0.1, 0.15) is 117 Å². The molecule has 4 aromatic rings. The zero-order chi connectivity index (χ0) is 35.2. The Labute approximate surface area is 299 Å². The summed E-state index contributed by atoms with van der Waals surface area (Å²) in [5, 5.41) is 11.0. The number of hydrogen-bond acceptors (Lipinski definition) is 7. The van der Waals surface area contributed by atoms with Gasteiger partial charge in [0, 0.05) is 17.2 Å². The van der Waals surface area contributed by atoms with Gasteiger partial charge in [-0.1, -0.05) is 164 Å². The first-order chi connectivity index (χ1) is 24.6. The second-order valence-corrected chi connectivity index (χ2v) is 13.3. The molecule has 1 N–H and O–H groups in total. The highest BCUT2D eigenvalue weighted by Crippen LogP contribution is 2.33. The fourth-order valence-electron chi connectivity index (χ4n) is 6.21. The van der Waals surface area contributed by atoms with Crippen molar-refractivity contribution in [3.05, 3.63) is 78.9 Å². The van der Waals surface area contributed by atoms with Crippen LogP contribution in [0.5, 0.6) is 11.5 Å². The summed E-state index contributed by atoms with van der Waals surface area (Å²) in [6, 6.07) is 24.5. The van der Waals surface area contributed by atoms with Crippen molar-refractivity contribution in [2.45, 2.75) is 117 Å². The van der Waals surface area contributed by atoms with E-state index in [0.29, 0.717) is 28.8 Å². The molecule has 268 valence electrons. The number of ether oxygens (including phenoxy) is 2. The molecular weight excluding hydrogens is 622 g/mol. The third-order valence-electron chi connectivity index (χ3n) is 9.15. The van der Waals surface area contributed by atoms with Crippen LogP contribution in [0, 0.1) is 5.92 Å². The van der Waals surface area contributed by atoms with Gasteiger partial charge in [0.25, 0.3) is 0 Å². The van der Waals surface area contributed by atoms with Crippen LogP contribution >= 0.6 is 0 Å². The predicted octanol–water partition coefficient (Wildman–Crippen LogP) is 11.4. The Balaban J connectivity index is 1.31. The topological polar surface area (TPSA) is 94.4 Å². The Hall–Kier alpha value is -4.26. The lowest BCUT2D eigenvalue weighted by Gasteiger charge is -2.16. The van der Waals surface area contributed by atoms with E-state index in [4.69, 9.17) is 24.4 Å². The lowest BCUT2D eigenvalue weighted by atomic mass is 9.94. The smallest absolute Gasteiger partial charge is 0.309 e. The number of aromatic hydroxyl groups is 1. The number of unbranched alkanes of at least 4 members (excludes halogenated alkanes) is 12. The molecule has 7 nitrogen and oxygen atoms in total. The average Bonchev–Trinajstić information content (AvgIpc) is 3.15. The van der Waals surface area contributed by atoms with Crippen molar-refractivity contribution in [3.8, 4) is 45.7 Å². The minimum atomic E-state index is -0.110. The Morgan fingerprint density at radius 1 is 0.600 bits per heavy atom. The number of rotatable bonds is 24. The summed E-state index contributed by atoms with van der Waals surface area (Å²) in [6.45, 7) is 4.85. The number of phenolic OH excluding ortho intramolecular Hbond substituents is 1. The highest BCUT2D eigenvalue weighted by atomic mass is 16.6. The molecule has 1 unspecified atom stereocenters. The molecule has 0 aliphatic rings. The Bertz CT molecular complexity index is 1470. The van der Waals surface area contributed by atoms with Gasteiger partial charge in [0.05, 0.1) is 11.5 Å². The Morgan fingerprint density at radius 2 is 1.08 bits per heavy atom. The third-order valence-corrected chi connectivity index (χ3v) is 9.15. The van der Waals surface area contributed by atoms with Crippen molar-refractivity contribution in [2.75, 3.05) is 13.2 Å². The highest BCUT2D eigenvalue weighted by molar-refractivity contribution is 5.72. The first-order valence-corrected chi connectivity index (χ1v) is 19.1. The second kappa shape index (κ2) is 22.5. The lowest BCUT2D eigenvalue weighted by molar-refractivity contribution is -0.149. The Kier molecular flexibility index (Phi) is 17.3. The van der Waals surface area contributed by atoms with Crippen LogP contribution in [-0.2, 0) is 9.53 Å². The molecule has 0 spiro atoms. The van der Waals surface area contributed by atoms with E-state index in [1.807, 2.05) is 60.7 Å². The molecule has 0 saturated heterocycles. The summed E-state index contributed by atoms with van der Waals surface area (Å²) in [4.78, 5) is 27.3. The number of benzene rings is 3. The van der Waals surface area contributed by atoms with E-state index in [0.717, 1.165) is 36.8 Å². The molecule has 3 aromatic carbocycles. The maximum atomic E-state index is 13.1. The monoisotopic (exact) mass is 679 g/mol. The number of aromatic nitrogens is 3. The van der Waals surface area contributed by atoms with Crippen LogP contribution < -0.4 is 4.74 Å². The molecule has 50 heavy (non-hydrogen) atoms. The Morgan fingerprint density at radius 3 is 1.58 bits per heavy atom. The van der Waals surface area contributed by atoms with Crippen molar-refractivity contribution in [1.82, 2.24) is 15.0 Å². The molecule has 0 aliphatic heterocycles. The number of carbonyl (C=O) groups is 1. The quantitative estimate of drug-likeness (QED) is 0.0581. The van der Waals surface area contributed by atoms with Crippen molar-refractivity contribution < 1.29 is 19.4 Å². The van der Waals surface area contributed by atoms with Gasteiger partial charge < -0.3 is 14.6 Å². The van der Waals surface area contributed by atoms with Crippen LogP contribution in [0.2, 0.25) is 0 Å². The summed E-state index contributed by atoms with van der Waals surface area (Å²) in [6.07, 6.45) is 19.1. The van der Waals surface area contributed by atoms with Gasteiger partial charge >= 0.3 is 5.97 Å². The van der Waals surface area contributed by atoms with Crippen molar-refractivity contribution >= 4 is 5.97 Å². The minimum absolute atomic E-state index is 0.00641. The summed E-state index contributed by atoms with van der Waals surface area (Å²) in [5.41, 5.74) is 2.18. The van der Waals surface area contributed by atoms with Crippen LogP contribution in [0.15, 0.2) is 78.9 Å². The molecule has 0 amide bonds. The molecule has 4 rings (SSSR count). The van der Waals surface area contributed by atoms with Gasteiger partial charge in [-0.15, -0.1) is 0 Å². The zero-order valence-corrected chi connectivity index (χ0v) is 30.3. The summed E-state index contributed by atoms with van der Waals surface area (Å²) >= 11 is 0. The van der Waals surface area contributed by atoms with Crippen LogP contribution in [0.4, 0.5) is 0 Å². The maximum Gasteiger partial charge on any atom is 0.309 e. The number of carbonyl (C=O) groups excluding carboxylic acids is 1. The predicted molar refractivity (Wildman–Crippen MR) is 203 cm³/mol. The van der Waals surface area contributed by atoms with E-state index in [1.54, 1.807) is 18.2 Å². The summed E-state index contributed by atoms with van der Waals surface area (Å²) in [7, 11) is 0. The molecular formula is C43H57N3O4. The molecule has 0 fully saturated rings. The second-order valence-electron chi connectivity index (χ2n) is 13.3. The summed E-state index contributed by atoms with van der Waals surface area (Å²) in [5.74, 6) is 1.72. The van der Waals surface area contributed by atoms with Crippen LogP contribution in [0.3, 0.4) is 0 Å². The van der Waals surface area contributed by atoms with Crippen LogP contribution in [0.25, 0.3) is 34.2 Å². The van der Waals surface area contributed by atoms with E-state index in [2.05, 4.69) is 13.8 Å². The number of nitrogens with zero attached hydrogens (tertiary/aromatic N) is 3. The van der Waals surface area contributed by atoms with E-state index < -0.39 is 0 Å². The highest BCUT2D eigenvalue weighted by Gasteiger charge is 2.20. The molecule has 0 saturated carbocycles. The molecule has 1 aromatic heterocycles. The standard InChI is InChI=1S/C43H57N3O4/c1-3-5-7-9-11-12-14-18-28-36(27-17-13-10-8-6-4-2)43(48)50-32-31-49-37-29-30-38(39(47)33-37)42-45-40(34-23-19-15-20-24-34)44-41(46-42)35-25-21-16-22-26-35/h15-16,19-26,29-30,33,36,47H,3-14,17-18,27-28,31-32H2,1-2H3. The van der Waals surface area contributed by atoms with E-state index in [9.17, 15) is 9.90 Å². The van der Waals surface area contributed by atoms with Crippen molar-refractivity contribution in [1.29, 1.82) is 0 Å². The molecule has 0 aliphatic carbocycles.